The molecule has 3 rings (SSSR count). The van der Waals surface area contributed by atoms with Crippen molar-refractivity contribution in [2.45, 2.75) is 23.0 Å². The lowest BCUT2D eigenvalue weighted by Crippen LogP contribution is -2.17. The Morgan fingerprint density at radius 1 is 1.00 bits per heavy atom. The molecule has 0 amide bonds. The summed E-state index contributed by atoms with van der Waals surface area (Å²) in [4.78, 5) is 3.73. The fourth-order valence-corrected chi connectivity index (χ4v) is 4.05. The molecule has 2 aromatic carbocycles. The fraction of sp³-hybridized carbons (Fsp3) is 0.333. The van der Waals surface area contributed by atoms with Gasteiger partial charge in [-0.2, -0.15) is 0 Å². The minimum atomic E-state index is 0.528. The monoisotopic (exact) mass is 283 g/mol. The first-order valence-electron chi connectivity index (χ1n) is 7.20. The second kappa shape index (κ2) is 6.02. The van der Waals surface area contributed by atoms with Crippen molar-refractivity contribution in [1.82, 2.24) is 4.90 Å². The fourth-order valence-electron chi connectivity index (χ4n) is 2.93. The standard InChI is InChI=1S/C18H21NS/c1-19(2)12-11-16-15-8-4-3-7-14(15)13-20-18-10-6-5-9-17(16)18/h3-10,16H,11-13H2,1-2H3. The van der Waals surface area contributed by atoms with Crippen LogP contribution in [0, 0.1) is 0 Å². The van der Waals surface area contributed by atoms with Crippen LogP contribution in [0.2, 0.25) is 0 Å². The van der Waals surface area contributed by atoms with Crippen LogP contribution in [-0.2, 0) is 5.75 Å². The van der Waals surface area contributed by atoms with Gasteiger partial charge in [-0.15, -0.1) is 11.8 Å². The normalized spacial score (nSPS) is 17.4. The summed E-state index contributed by atoms with van der Waals surface area (Å²) in [5.74, 6) is 1.62. The minimum Gasteiger partial charge on any atom is -0.309 e. The number of hydrogen-bond acceptors (Lipinski definition) is 2. The van der Waals surface area contributed by atoms with Crippen LogP contribution in [0.1, 0.15) is 29.0 Å². The predicted octanol–water partition coefficient (Wildman–Crippen LogP) is 4.38. The summed E-state index contributed by atoms with van der Waals surface area (Å²) in [6, 6.07) is 17.9. The second-order valence-electron chi connectivity index (χ2n) is 5.67. The van der Waals surface area contributed by atoms with E-state index in [9.17, 15) is 0 Å². The molecule has 0 aromatic heterocycles. The number of benzene rings is 2. The Morgan fingerprint density at radius 3 is 2.50 bits per heavy atom. The summed E-state index contributed by atoms with van der Waals surface area (Å²) in [7, 11) is 4.31. The van der Waals surface area contributed by atoms with Gasteiger partial charge in [-0.25, -0.2) is 0 Å². The van der Waals surface area contributed by atoms with Crippen LogP contribution in [0.15, 0.2) is 53.4 Å². The molecule has 0 aliphatic carbocycles. The molecule has 20 heavy (non-hydrogen) atoms. The SMILES string of the molecule is CN(C)CCC1c2ccccc2CSc2ccccc21. The highest BCUT2D eigenvalue weighted by Gasteiger charge is 2.23. The van der Waals surface area contributed by atoms with Crippen LogP contribution in [0.3, 0.4) is 0 Å². The number of nitrogens with zero attached hydrogens (tertiary/aromatic N) is 1. The van der Waals surface area contributed by atoms with E-state index in [4.69, 9.17) is 0 Å². The first kappa shape index (κ1) is 13.7. The summed E-state index contributed by atoms with van der Waals surface area (Å²) in [6.45, 7) is 1.12. The number of fused-ring (bicyclic) bond motifs is 2. The molecule has 1 aliphatic rings. The van der Waals surface area contributed by atoms with E-state index in [2.05, 4.69) is 67.5 Å². The van der Waals surface area contributed by atoms with Crippen molar-refractivity contribution in [1.29, 1.82) is 0 Å². The molecule has 0 fully saturated rings. The molecule has 2 heteroatoms. The third-order valence-electron chi connectivity index (χ3n) is 3.97. The summed E-state index contributed by atoms with van der Waals surface area (Å²) in [6.07, 6.45) is 1.18. The van der Waals surface area contributed by atoms with Gasteiger partial charge in [-0.05, 0) is 49.8 Å². The molecule has 1 heterocycles. The van der Waals surface area contributed by atoms with E-state index in [1.165, 1.54) is 28.0 Å². The van der Waals surface area contributed by atoms with Crippen LogP contribution in [0.25, 0.3) is 0 Å². The molecule has 104 valence electrons. The molecule has 1 aliphatic heterocycles. The van der Waals surface area contributed by atoms with Crippen molar-refractivity contribution in [2.75, 3.05) is 20.6 Å². The lowest BCUT2D eigenvalue weighted by atomic mass is 9.86. The highest BCUT2D eigenvalue weighted by molar-refractivity contribution is 7.98. The molecular weight excluding hydrogens is 262 g/mol. The van der Waals surface area contributed by atoms with Crippen LogP contribution >= 0.6 is 11.8 Å². The number of rotatable bonds is 3. The zero-order valence-electron chi connectivity index (χ0n) is 12.2. The third-order valence-corrected chi connectivity index (χ3v) is 5.11. The van der Waals surface area contributed by atoms with Gasteiger partial charge in [0.1, 0.15) is 0 Å². The van der Waals surface area contributed by atoms with Crippen molar-refractivity contribution in [3.8, 4) is 0 Å². The van der Waals surface area contributed by atoms with Crippen molar-refractivity contribution in [3.05, 3.63) is 65.2 Å². The maximum Gasteiger partial charge on any atom is 0.0235 e. The van der Waals surface area contributed by atoms with E-state index in [-0.39, 0.29) is 0 Å². The van der Waals surface area contributed by atoms with Gasteiger partial charge in [0.2, 0.25) is 0 Å². The molecule has 1 atom stereocenters. The first-order chi connectivity index (χ1) is 9.75. The molecule has 0 saturated carbocycles. The molecule has 0 bridgehead atoms. The van der Waals surface area contributed by atoms with E-state index < -0.39 is 0 Å². The van der Waals surface area contributed by atoms with E-state index in [0.717, 1.165) is 12.3 Å². The van der Waals surface area contributed by atoms with E-state index in [1.54, 1.807) is 0 Å². The highest BCUT2D eigenvalue weighted by Crippen LogP contribution is 2.41. The van der Waals surface area contributed by atoms with Gasteiger partial charge in [0, 0.05) is 16.6 Å². The Hall–Kier alpha value is -1.25. The maximum atomic E-state index is 2.32. The molecule has 0 spiro atoms. The summed E-state index contributed by atoms with van der Waals surface area (Å²) < 4.78 is 0. The maximum absolute atomic E-state index is 2.32. The van der Waals surface area contributed by atoms with E-state index >= 15 is 0 Å². The zero-order chi connectivity index (χ0) is 13.9. The van der Waals surface area contributed by atoms with Crippen molar-refractivity contribution < 1.29 is 0 Å². The highest BCUT2D eigenvalue weighted by atomic mass is 32.2. The van der Waals surface area contributed by atoms with Gasteiger partial charge >= 0.3 is 0 Å². The van der Waals surface area contributed by atoms with Crippen molar-refractivity contribution in [2.24, 2.45) is 0 Å². The molecule has 0 N–H and O–H groups in total. The van der Waals surface area contributed by atoms with E-state index in [1.807, 2.05) is 11.8 Å². The molecule has 0 radical (unpaired) electrons. The molecule has 0 saturated heterocycles. The van der Waals surface area contributed by atoms with Gasteiger partial charge in [-0.1, -0.05) is 42.5 Å². The quantitative estimate of drug-likeness (QED) is 0.822. The van der Waals surface area contributed by atoms with Crippen molar-refractivity contribution in [3.63, 3.8) is 0 Å². The third kappa shape index (κ3) is 2.77. The lowest BCUT2D eigenvalue weighted by molar-refractivity contribution is 0.389. The Morgan fingerprint density at radius 2 is 1.70 bits per heavy atom. The molecule has 1 unspecified atom stereocenters. The van der Waals surface area contributed by atoms with Crippen molar-refractivity contribution >= 4 is 11.8 Å². The average Bonchev–Trinajstić information content (AvgIpc) is 2.62. The first-order valence-corrected chi connectivity index (χ1v) is 8.18. The average molecular weight is 283 g/mol. The van der Waals surface area contributed by atoms with Gasteiger partial charge in [0.15, 0.2) is 0 Å². The Bertz CT molecular complexity index is 544. The van der Waals surface area contributed by atoms with Crippen LogP contribution in [-0.4, -0.2) is 25.5 Å². The Balaban J connectivity index is 2.04. The van der Waals surface area contributed by atoms with Gasteiger partial charge in [0.05, 0.1) is 0 Å². The smallest absolute Gasteiger partial charge is 0.0235 e. The van der Waals surface area contributed by atoms with Crippen LogP contribution < -0.4 is 0 Å². The van der Waals surface area contributed by atoms with Crippen LogP contribution in [0.5, 0.6) is 0 Å². The topological polar surface area (TPSA) is 3.24 Å². The summed E-state index contributed by atoms with van der Waals surface area (Å²) >= 11 is 1.98. The van der Waals surface area contributed by atoms with Gasteiger partial charge in [-0.3, -0.25) is 0 Å². The summed E-state index contributed by atoms with van der Waals surface area (Å²) in [5.41, 5.74) is 4.52. The summed E-state index contributed by atoms with van der Waals surface area (Å²) in [5, 5.41) is 0. The second-order valence-corrected chi connectivity index (χ2v) is 6.69. The number of hydrogen-bond donors (Lipinski definition) is 0. The molecule has 2 aromatic rings. The molecule has 1 nitrogen and oxygen atoms in total. The largest absolute Gasteiger partial charge is 0.309 e. The van der Waals surface area contributed by atoms with E-state index in [0.29, 0.717) is 5.92 Å². The minimum absolute atomic E-state index is 0.528. The predicted molar refractivity (Wildman–Crippen MR) is 87.5 cm³/mol. The Kier molecular flexibility index (Phi) is 4.13. The molecular formula is C18H21NS. The number of thioether (sulfide) groups is 1. The zero-order valence-corrected chi connectivity index (χ0v) is 13.0. The van der Waals surface area contributed by atoms with Gasteiger partial charge < -0.3 is 4.90 Å². The Labute approximate surface area is 126 Å². The lowest BCUT2D eigenvalue weighted by Gasteiger charge is -2.21. The van der Waals surface area contributed by atoms with Gasteiger partial charge in [0.25, 0.3) is 0 Å². The van der Waals surface area contributed by atoms with Crippen LogP contribution in [0.4, 0.5) is 0 Å².